The van der Waals surface area contributed by atoms with E-state index in [-0.39, 0.29) is 24.9 Å². The minimum absolute atomic E-state index is 0.0182. The van der Waals surface area contributed by atoms with Crippen LogP contribution in [0.5, 0.6) is 0 Å². The molecule has 2 rings (SSSR count). The lowest BCUT2D eigenvalue weighted by molar-refractivity contribution is 0.178. The Morgan fingerprint density at radius 1 is 1.22 bits per heavy atom. The summed E-state index contributed by atoms with van der Waals surface area (Å²) in [6, 6.07) is 9.26. The molecule has 0 amide bonds. The van der Waals surface area contributed by atoms with Gasteiger partial charge in [-0.05, 0) is 18.4 Å². The zero-order valence-electron chi connectivity index (χ0n) is 10.3. The van der Waals surface area contributed by atoms with E-state index in [0.717, 1.165) is 24.8 Å². The van der Waals surface area contributed by atoms with E-state index in [4.69, 9.17) is 5.11 Å². The van der Waals surface area contributed by atoms with E-state index in [1.54, 1.807) is 0 Å². The number of hydrogen-bond donors (Lipinski definition) is 1. The number of hydrogen-bond acceptors (Lipinski definition) is 3. The largest absolute Gasteiger partial charge is 0.395 e. The summed E-state index contributed by atoms with van der Waals surface area (Å²) in [6.07, 6.45) is 2.90. The molecule has 0 spiro atoms. The normalized spacial score (nSPS) is 16.8. The molecule has 100 valence electrons. The number of aliphatic hydroxyl groups is 1. The molecule has 0 unspecified atom stereocenters. The Balaban J connectivity index is 2.12. The average molecular weight is 269 g/mol. The average Bonchev–Trinajstić information content (AvgIpc) is 2.27. The fourth-order valence-electron chi connectivity index (χ4n) is 2.19. The topological polar surface area (TPSA) is 57.6 Å². The van der Waals surface area contributed by atoms with Crippen LogP contribution in [-0.2, 0) is 15.8 Å². The first-order chi connectivity index (χ1) is 8.63. The highest BCUT2D eigenvalue weighted by atomic mass is 32.2. The van der Waals surface area contributed by atoms with Gasteiger partial charge in [0.15, 0.2) is 0 Å². The summed E-state index contributed by atoms with van der Waals surface area (Å²) < 4.78 is 26.2. The molecule has 1 aromatic rings. The first-order valence-corrected chi connectivity index (χ1v) is 7.89. The first kappa shape index (κ1) is 13.5. The Labute approximate surface area is 108 Å². The molecule has 0 saturated heterocycles. The molecule has 18 heavy (non-hydrogen) atoms. The summed E-state index contributed by atoms with van der Waals surface area (Å²) in [7, 11) is -3.32. The maximum absolute atomic E-state index is 12.3. The van der Waals surface area contributed by atoms with Crippen molar-refractivity contribution >= 4 is 10.0 Å². The third-order valence-corrected chi connectivity index (χ3v) is 5.24. The molecule has 0 aromatic heterocycles. The molecule has 1 aliphatic carbocycles. The monoisotopic (exact) mass is 269 g/mol. The van der Waals surface area contributed by atoms with Crippen molar-refractivity contribution < 1.29 is 13.5 Å². The SMILES string of the molecule is O=S(=O)(Cc1ccccc1)N(CCO)C1CCC1. The Kier molecular flexibility index (Phi) is 4.37. The number of sulfonamides is 1. The van der Waals surface area contributed by atoms with E-state index in [9.17, 15) is 8.42 Å². The molecule has 0 atom stereocenters. The smallest absolute Gasteiger partial charge is 0.218 e. The summed E-state index contributed by atoms with van der Waals surface area (Å²) in [4.78, 5) is 0. The van der Waals surface area contributed by atoms with Gasteiger partial charge in [-0.3, -0.25) is 0 Å². The van der Waals surface area contributed by atoms with Gasteiger partial charge in [0.25, 0.3) is 0 Å². The molecular formula is C13H19NO3S. The van der Waals surface area contributed by atoms with Crippen LogP contribution in [0, 0.1) is 0 Å². The van der Waals surface area contributed by atoms with Crippen molar-refractivity contribution in [1.82, 2.24) is 4.31 Å². The summed E-state index contributed by atoms with van der Waals surface area (Å²) >= 11 is 0. The molecule has 1 aliphatic rings. The highest BCUT2D eigenvalue weighted by Crippen LogP contribution is 2.28. The highest BCUT2D eigenvalue weighted by molar-refractivity contribution is 7.88. The van der Waals surface area contributed by atoms with Crippen LogP contribution in [0.2, 0.25) is 0 Å². The Morgan fingerprint density at radius 2 is 1.89 bits per heavy atom. The van der Waals surface area contributed by atoms with Crippen LogP contribution in [0.1, 0.15) is 24.8 Å². The van der Waals surface area contributed by atoms with E-state index in [2.05, 4.69) is 0 Å². The van der Waals surface area contributed by atoms with Crippen molar-refractivity contribution in [3.05, 3.63) is 35.9 Å². The minimum Gasteiger partial charge on any atom is -0.395 e. The van der Waals surface area contributed by atoms with Crippen molar-refractivity contribution in [3.63, 3.8) is 0 Å². The molecule has 4 nitrogen and oxygen atoms in total. The molecule has 0 bridgehead atoms. The fraction of sp³-hybridized carbons (Fsp3) is 0.538. The number of aliphatic hydroxyl groups excluding tert-OH is 1. The van der Waals surface area contributed by atoms with Crippen LogP contribution in [0.4, 0.5) is 0 Å². The number of rotatable bonds is 6. The summed E-state index contributed by atoms with van der Waals surface area (Å²) in [6.45, 7) is 0.0877. The summed E-state index contributed by atoms with van der Waals surface area (Å²) in [5.41, 5.74) is 0.791. The van der Waals surface area contributed by atoms with Crippen molar-refractivity contribution in [3.8, 4) is 0 Å². The van der Waals surface area contributed by atoms with Crippen molar-refractivity contribution in [1.29, 1.82) is 0 Å². The van der Waals surface area contributed by atoms with Gasteiger partial charge in [-0.15, -0.1) is 0 Å². The van der Waals surface area contributed by atoms with Gasteiger partial charge in [0.05, 0.1) is 12.4 Å². The van der Waals surface area contributed by atoms with Crippen molar-refractivity contribution in [2.45, 2.75) is 31.1 Å². The van der Waals surface area contributed by atoms with Gasteiger partial charge in [-0.2, -0.15) is 4.31 Å². The maximum atomic E-state index is 12.3. The van der Waals surface area contributed by atoms with Crippen molar-refractivity contribution in [2.24, 2.45) is 0 Å². The van der Waals surface area contributed by atoms with Gasteiger partial charge < -0.3 is 5.11 Å². The van der Waals surface area contributed by atoms with E-state index >= 15 is 0 Å². The molecule has 1 fully saturated rings. The molecule has 0 radical (unpaired) electrons. The second-order valence-corrected chi connectivity index (χ2v) is 6.58. The highest BCUT2D eigenvalue weighted by Gasteiger charge is 2.33. The second kappa shape index (κ2) is 5.82. The molecule has 1 aromatic carbocycles. The minimum atomic E-state index is -3.32. The molecule has 0 heterocycles. The molecule has 1 N–H and O–H groups in total. The predicted octanol–water partition coefficient (Wildman–Crippen LogP) is 1.36. The Hall–Kier alpha value is -0.910. The van der Waals surface area contributed by atoms with Crippen LogP contribution >= 0.6 is 0 Å². The molecule has 1 saturated carbocycles. The lowest BCUT2D eigenvalue weighted by atomic mass is 9.93. The lowest BCUT2D eigenvalue weighted by Gasteiger charge is -2.36. The van der Waals surface area contributed by atoms with E-state index < -0.39 is 10.0 Å². The molecular weight excluding hydrogens is 250 g/mol. The second-order valence-electron chi connectivity index (χ2n) is 4.66. The third kappa shape index (κ3) is 3.10. The Bertz CT molecular complexity index is 468. The van der Waals surface area contributed by atoms with Crippen LogP contribution < -0.4 is 0 Å². The molecule has 0 aliphatic heterocycles. The summed E-state index contributed by atoms with van der Waals surface area (Å²) in [5, 5.41) is 9.03. The van der Waals surface area contributed by atoms with Gasteiger partial charge in [0.1, 0.15) is 0 Å². The standard InChI is InChI=1S/C13H19NO3S/c15-10-9-14(13-7-4-8-13)18(16,17)11-12-5-2-1-3-6-12/h1-3,5-6,13,15H,4,7-11H2. The fourth-order valence-corrected chi connectivity index (χ4v) is 3.99. The lowest BCUT2D eigenvalue weighted by Crippen LogP contribution is -2.46. The van der Waals surface area contributed by atoms with Gasteiger partial charge >= 0.3 is 0 Å². The molecule has 5 heteroatoms. The zero-order valence-corrected chi connectivity index (χ0v) is 11.1. The quantitative estimate of drug-likeness (QED) is 0.848. The van der Waals surface area contributed by atoms with Crippen LogP contribution in [-0.4, -0.2) is 37.0 Å². The van der Waals surface area contributed by atoms with Crippen LogP contribution in [0.3, 0.4) is 0 Å². The van der Waals surface area contributed by atoms with Gasteiger partial charge in [0.2, 0.25) is 10.0 Å². The van der Waals surface area contributed by atoms with Crippen LogP contribution in [0.25, 0.3) is 0 Å². The van der Waals surface area contributed by atoms with Gasteiger partial charge in [0, 0.05) is 12.6 Å². The van der Waals surface area contributed by atoms with Crippen molar-refractivity contribution in [2.75, 3.05) is 13.2 Å². The summed E-state index contributed by atoms with van der Waals surface area (Å²) in [5.74, 6) is 0.0182. The van der Waals surface area contributed by atoms with E-state index in [0.29, 0.717) is 0 Å². The van der Waals surface area contributed by atoms with Gasteiger partial charge in [-0.25, -0.2) is 8.42 Å². The zero-order chi connectivity index (χ0) is 13.0. The van der Waals surface area contributed by atoms with E-state index in [1.165, 1.54) is 4.31 Å². The number of benzene rings is 1. The maximum Gasteiger partial charge on any atom is 0.218 e. The van der Waals surface area contributed by atoms with Gasteiger partial charge in [-0.1, -0.05) is 36.8 Å². The first-order valence-electron chi connectivity index (χ1n) is 6.28. The van der Waals surface area contributed by atoms with Crippen LogP contribution in [0.15, 0.2) is 30.3 Å². The third-order valence-electron chi connectivity index (χ3n) is 3.35. The number of nitrogens with zero attached hydrogens (tertiary/aromatic N) is 1. The predicted molar refractivity (Wildman–Crippen MR) is 70.5 cm³/mol. The Morgan fingerprint density at radius 3 is 2.39 bits per heavy atom. The van der Waals surface area contributed by atoms with E-state index in [1.807, 2.05) is 30.3 Å².